The van der Waals surface area contributed by atoms with Crippen molar-refractivity contribution in [3.05, 3.63) is 63.1 Å². The number of hydrogen-bond acceptors (Lipinski definition) is 6. The molecule has 3 aromatic rings. The minimum absolute atomic E-state index is 0.0261. The van der Waals surface area contributed by atoms with E-state index >= 15 is 0 Å². The summed E-state index contributed by atoms with van der Waals surface area (Å²) in [7, 11) is 0. The lowest BCUT2D eigenvalue weighted by molar-refractivity contribution is -0.384. The molecular formula is C18H15N3O3S. The van der Waals surface area contributed by atoms with Gasteiger partial charge in [0, 0.05) is 18.2 Å². The van der Waals surface area contributed by atoms with Gasteiger partial charge in [-0.3, -0.25) is 14.9 Å². The van der Waals surface area contributed by atoms with Crippen LogP contribution in [0.25, 0.3) is 10.2 Å². The maximum atomic E-state index is 11.5. The lowest BCUT2D eigenvalue weighted by Gasteiger charge is -2.25. The number of rotatable bonds is 4. The van der Waals surface area contributed by atoms with Gasteiger partial charge in [-0.25, -0.2) is 4.98 Å². The highest BCUT2D eigenvalue weighted by atomic mass is 32.1. The number of aromatic nitrogens is 1. The molecule has 0 aliphatic carbocycles. The molecule has 0 bridgehead atoms. The molecule has 1 atom stereocenters. The third-order valence-electron chi connectivity index (χ3n) is 4.49. The summed E-state index contributed by atoms with van der Waals surface area (Å²) in [5, 5.41) is 12.5. The number of fused-ring (bicyclic) bond motifs is 1. The molecule has 0 saturated carbocycles. The molecular weight excluding hydrogens is 338 g/mol. The molecule has 1 aliphatic rings. The van der Waals surface area contributed by atoms with Crippen molar-refractivity contribution in [3.8, 4) is 0 Å². The fraction of sp³-hybridized carbons (Fsp3) is 0.222. The normalized spacial score (nSPS) is 17.1. The standard InChI is InChI=1S/C18H15N3O3S/c22-11-12-7-8-14(16(10-12)21(23)24)20-9-3-5-15(20)18-19-13-4-1-2-6-17(13)25-18/h1-2,4,6-8,10-11,15H,3,5,9H2/t15-/m0/s1. The van der Waals surface area contributed by atoms with Crippen LogP contribution >= 0.6 is 11.3 Å². The minimum atomic E-state index is -0.421. The number of carbonyl (C=O) groups is 1. The molecule has 0 unspecified atom stereocenters. The van der Waals surface area contributed by atoms with Gasteiger partial charge in [0.05, 0.1) is 21.2 Å². The van der Waals surface area contributed by atoms with Crippen LogP contribution in [0.5, 0.6) is 0 Å². The van der Waals surface area contributed by atoms with Crippen LogP contribution in [0, 0.1) is 10.1 Å². The number of nitro benzene ring substituents is 1. The van der Waals surface area contributed by atoms with Gasteiger partial charge in [-0.15, -0.1) is 11.3 Å². The summed E-state index contributed by atoms with van der Waals surface area (Å²) in [6.07, 6.45) is 2.49. The summed E-state index contributed by atoms with van der Waals surface area (Å²) in [4.78, 5) is 28.8. The summed E-state index contributed by atoms with van der Waals surface area (Å²) in [6, 6.07) is 12.6. The third-order valence-corrected chi connectivity index (χ3v) is 5.63. The molecule has 0 radical (unpaired) electrons. The van der Waals surface area contributed by atoms with Gasteiger partial charge >= 0.3 is 0 Å². The van der Waals surface area contributed by atoms with E-state index < -0.39 is 4.92 Å². The second-order valence-electron chi connectivity index (χ2n) is 5.99. The Bertz CT molecular complexity index is 936. The molecule has 4 rings (SSSR count). The van der Waals surface area contributed by atoms with Crippen molar-refractivity contribution in [2.75, 3.05) is 11.4 Å². The van der Waals surface area contributed by atoms with E-state index in [9.17, 15) is 14.9 Å². The monoisotopic (exact) mass is 353 g/mol. The smallest absolute Gasteiger partial charge is 0.293 e. The van der Waals surface area contributed by atoms with E-state index in [0.29, 0.717) is 17.5 Å². The third kappa shape index (κ3) is 2.76. The lowest BCUT2D eigenvalue weighted by atomic mass is 10.1. The Labute approximate surface area is 147 Å². The van der Waals surface area contributed by atoms with E-state index in [1.807, 2.05) is 29.2 Å². The molecule has 126 valence electrons. The van der Waals surface area contributed by atoms with E-state index in [2.05, 4.69) is 0 Å². The fourth-order valence-electron chi connectivity index (χ4n) is 3.35. The van der Waals surface area contributed by atoms with Crippen molar-refractivity contribution in [2.24, 2.45) is 0 Å². The second kappa shape index (κ2) is 6.25. The predicted octanol–water partition coefficient (Wildman–Crippen LogP) is 4.36. The average Bonchev–Trinajstić information content (AvgIpc) is 3.27. The van der Waals surface area contributed by atoms with Crippen molar-refractivity contribution in [1.82, 2.24) is 4.98 Å². The van der Waals surface area contributed by atoms with Gasteiger partial charge in [-0.05, 0) is 37.1 Å². The van der Waals surface area contributed by atoms with Crippen molar-refractivity contribution in [3.63, 3.8) is 0 Å². The van der Waals surface area contributed by atoms with Gasteiger partial charge in [0.1, 0.15) is 17.0 Å². The molecule has 0 spiro atoms. The molecule has 6 nitrogen and oxygen atoms in total. The maximum Gasteiger partial charge on any atom is 0.293 e. The van der Waals surface area contributed by atoms with Gasteiger partial charge in [0.2, 0.25) is 0 Å². The Hall–Kier alpha value is -2.80. The average molecular weight is 353 g/mol. The summed E-state index contributed by atoms with van der Waals surface area (Å²) < 4.78 is 1.12. The Morgan fingerprint density at radius 2 is 2.12 bits per heavy atom. The van der Waals surface area contributed by atoms with Gasteiger partial charge < -0.3 is 4.90 Å². The predicted molar refractivity (Wildman–Crippen MR) is 97.4 cm³/mol. The van der Waals surface area contributed by atoms with Gasteiger partial charge in [-0.1, -0.05) is 12.1 Å². The Balaban J connectivity index is 1.77. The van der Waals surface area contributed by atoms with Crippen LogP contribution in [0.3, 0.4) is 0 Å². The van der Waals surface area contributed by atoms with Crippen molar-refractivity contribution < 1.29 is 9.72 Å². The van der Waals surface area contributed by atoms with Gasteiger partial charge in [0.25, 0.3) is 5.69 Å². The van der Waals surface area contributed by atoms with E-state index in [1.54, 1.807) is 23.5 Å². The topological polar surface area (TPSA) is 76.3 Å². The summed E-state index contributed by atoms with van der Waals surface area (Å²) in [5.41, 5.74) is 1.79. The van der Waals surface area contributed by atoms with Crippen LogP contribution in [-0.4, -0.2) is 22.7 Å². The molecule has 1 aliphatic heterocycles. The number of anilines is 1. The largest absolute Gasteiger partial charge is 0.357 e. The van der Waals surface area contributed by atoms with Crippen molar-refractivity contribution >= 4 is 39.2 Å². The number of nitrogens with zero attached hydrogens (tertiary/aromatic N) is 3. The molecule has 2 heterocycles. The van der Waals surface area contributed by atoms with Crippen molar-refractivity contribution in [1.29, 1.82) is 0 Å². The fourth-order valence-corrected chi connectivity index (χ4v) is 4.46. The number of thiazole rings is 1. The molecule has 0 N–H and O–H groups in total. The first-order valence-electron chi connectivity index (χ1n) is 8.03. The van der Waals surface area contributed by atoms with Crippen LogP contribution < -0.4 is 4.90 Å². The molecule has 1 saturated heterocycles. The lowest BCUT2D eigenvalue weighted by Crippen LogP contribution is -2.23. The Morgan fingerprint density at radius 3 is 2.88 bits per heavy atom. The molecule has 1 fully saturated rings. The quantitative estimate of drug-likeness (QED) is 0.396. The van der Waals surface area contributed by atoms with Crippen molar-refractivity contribution in [2.45, 2.75) is 18.9 Å². The Kier molecular flexibility index (Phi) is 3.93. The second-order valence-corrected chi connectivity index (χ2v) is 7.06. The van der Waals surface area contributed by atoms with Crippen LogP contribution in [0.15, 0.2) is 42.5 Å². The Morgan fingerprint density at radius 1 is 1.28 bits per heavy atom. The molecule has 0 amide bonds. The maximum absolute atomic E-state index is 11.5. The zero-order valence-corrected chi connectivity index (χ0v) is 14.1. The summed E-state index contributed by atoms with van der Waals surface area (Å²) in [6.45, 7) is 0.738. The molecule has 1 aromatic heterocycles. The van der Waals surface area contributed by atoms with Gasteiger partial charge in [0.15, 0.2) is 0 Å². The highest BCUT2D eigenvalue weighted by molar-refractivity contribution is 7.18. The zero-order valence-electron chi connectivity index (χ0n) is 13.3. The van der Waals surface area contributed by atoms with E-state index in [-0.39, 0.29) is 11.7 Å². The first-order chi connectivity index (χ1) is 12.2. The van der Waals surface area contributed by atoms with E-state index in [0.717, 1.165) is 34.6 Å². The SMILES string of the molecule is O=Cc1ccc(N2CCC[C@H]2c2nc3ccccc3s2)c([N+](=O)[O-])c1. The first kappa shape index (κ1) is 15.7. The van der Waals surface area contributed by atoms with Crippen LogP contribution in [0.1, 0.15) is 34.2 Å². The zero-order chi connectivity index (χ0) is 17.4. The number of aldehydes is 1. The van der Waals surface area contributed by atoms with E-state index in [4.69, 9.17) is 4.98 Å². The highest BCUT2D eigenvalue weighted by Gasteiger charge is 2.32. The van der Waals surface area contributed by atoms with Crippen LogP contribution in [0.4, 0.5) is 11.4 Å². The molecule has 7 heteroatoms. The van der Waals surface area contributed by atoms with Crippen LogP contribution in [-0.2, 0) is 0 Å². The summed E-state index contributed by atoms with van der Waals surface area (Å²) >= 11 is 1.64. The van der Waals surface area contributed by atoms with Gasteiger partial charge in [-0.2, -0.15) is 0 Å². The highest BCUT2D eigenvalue weighted by Crippen LogP contribution is 2.42. The summed E-state index contributed by atoms with van der Waals surface area (Å²) in [5.74, 6) is 0. The molecule has 25 heavy (non-hydrogen) atoms. The molecule has 2 aromatic carbocycles. The minimum Gasteiger partial charge on any atom is -0.357 e. The number of hydrogen-bond donors (Lipinski definition) is 0. The number of para-hydroxylation sites is 1. The van der Waals surface area contributed by atoms with Crippen LogP contribution in [0.2, 0.25) is 0 Å². The number of benzene rings is 2. The number of nitro groups is 1. The first-order valence-corrected chi connectivity index (χ1v) is 8.85. The van der Waals surface area contributed by atoms with E-state index in [1.165, 1.54) is 6.07 Å². The number of carbonyl (C=O) groups excluding carboxylic acids is 1.